The number of aryl methyl sites for hydroxylation is 1. The molecule has 1 aromatic heterocycles. The number of esters is 1. The van der Waals surface area contributed by atoms with E-state index in [0.717, 1.165) is 11.3 Å². The van der Waals surface area contributed by atoms with Crippen molar-refractivity contribution in [1.29, 1.82) is 0 Å². The minimum atomic E-state index is -0.955. The number of hydrogen-bond donors (Lipinski definition) is 1. The first-order valence-corrected chi connectivity index (χ1v) is 11.3. The van der Waals surface area contributed by atoms with Gasteiger partial charge < -0.3 is 9.84 Å². The lowest BCUT2D eigenvalue weighted by atomic mass is 9.95. The van der Waals surface area contributed by atoms with Crippen molar-refractivity contribution in [3.05, 3.63) is 86.9 Å². The zero-order chi connectivity index (χ0) is 23.7. The molecule has 33 heavy (non-hydrogen) atoms. The third-order valence-corrected chi connectivity index (χ3v) is 6.52. The number of rotatable bonds is 5. The summed E-state index contributed by atoms with van der Waals surface area (Å²) in [6, 6.07) is 14.2. The number of carbonyl (C=O) groups excluding carboxylic acids is 3. The second-order valence-electron chi connectivity index (χ2n) is 7.22. The van der Waals surface area contributed by atoms with Crippen molar-refractivity contribution in [2.45, 2.75) is 19.9 Å². The van der Waals surface area contributed by atoms with E-state index in [2.05, 4.69) is 4.98 Å². The lowest BCUT2D eigenvalue weighted by Gasteiger charge is -2.23. The number of nitrogens with zero attached hydrogens (tertiary/aromatic N) is 2. The van der Waals surface area contributed by atoms with E-state index in [4.69, 9.17) is 16.3 Å². The quantitative estimate of drug-likeness (QED) is 0.240. The molecule has 0 aliphatic carbocycles. The second kappa shape index (κ2) is 9.17. The maximum absolute atomic E-state index is 13.2. The first kappa shape index (κ1) is 22.7. The zero-order valence-corrected chi connectivity index (χ0v) is 19.3. The van der Waals surface area contributed by atoms with Crippen molar-refractivity contribution >= 4 is 51.5 Å². The second-order valence-corrected chi connectivity index (χ2v) is 8.63. The Kier molecular flexibility index (Phi) is 6.31. The van der Waals surface area contributed by atoms with Gasteiger partial charge >= 0.3 is 11.9 Å². The fourth-order valence-electron chi connectivity index (χ4n) is 3.61. The highest BCUT2D eigenvalue weighted by Gasteiger charge is 2.48. The number of ether oxygens (including phenoxy) is 1. The van der Waals surface area contributed by atoms with Crippen LogP contribution in [0.5, 0.6) is 0 Å². The van der Waals surface area contributed by atoms with Gasteiger partial charge in [0.05, 0.1) is 23.9 Å². The topological polar surface area (TPSA) is 96.8 Å². The fourth-order valence-corrected chi connectivity index (χ4v) is 4.73. The van der Waals surface area contributed by atoms with Crippen LogP contribution < -0.4 is 4.90 Å². The molecule has 0 unspecified atom stereocenters. The van der Waals surface area contributed by atoms with Crippen LogP contribution in [0.1, 0.15) is 39.5 Å². The van der Waals surface area contributed by atoms with E-state index in [1.54, 1.807) is 68.4 Å². The summed E-state index contributed by atoms with van der Waals surface area (Å²) in [5.74, 6) is -2.55. The van der Waals surface area contributed by atoms with Gasteiger partial charge in [-0.3, -0.25) is 14.5 Å². The van der Waals surface area contributed by atoms with Crippen LogP contribution in [-0.4, -0.2) is 34.4 Å². The number of aliphatic hydroxyl groups is 1. The molecule has 0 spiro atoms. The van der Waals surface area contributed by atoms with Crippen LogP contribution in [0.15, 0.2) is 60.2 Å². The lowest BCUT2D eigenvalue weighted by molar-refractivity contribution is -0.132. The van der Waals surface area contributed by atoms with Gasteiger partial charge in [0, 0.05) is 10.6 Å². The van der Waals surface area contributed by atoms with Gasteiger partial charge in [0.15, 0.2) is 5.13 Å². The highest BCUT2D eigenvalue weighted by atomic mass is 35.5. The molecule has 1 amide bonds. The Morgan fingerprint density at radius 1 is 1.15 bits per heavy atom. The molecule has 1 aliphatic rings. The lowest BCUT2D eigenvalue weighted by Crippen LogP contribution is -2.29. The Hall–Kier alpha value is -3.49. The van der Waals surface area contributed by atoms with Crippen molar-refractivity contribution in [2.75, 3.05) is 11.5 Å². The molecule has 3 aromatic rings. The smallest absolute Gasteiger partial charge is 0.350 e. The predicted molar refractivity (Wildman–Crippen MR) is 125 cm³/mol. The molecule has 2 heterocycles. The van der Waals surface area contributed by atoms with Gasteiger partial charge in [-0.1, -0.05) is 65.4 Å². The van der Waals surface area contributed by atoms with E-state index in [1.165, 1.54) is 4.90 Å². The van der Waals surface area contributed by atoms with Crippen LogP contribution in [0, 0.1) is 6.92 Å². The summed E-state index contributed by atoms with van der Waals surface area (Å²) in [5, 5.41) is 11.7. The van der Waals surface area contributed by atoms with Gasteiger partial charge in [-0.15, -0.1) is 0 Å². The first-order chi connectivity index (χ1) is 15.8. The Morgan fingerprint density at radius 3 is 2.45 bits per heavy atom. The number of carbonyl (C=O) groups is 3. The van der Waals surface area contributed by atoms with Crippen LogP contribution in [0.3, 0.4) is 0 Å². The normalized spacial score (nSPS) is 17.4. The summed E-state index contributed by atoms with van der Waals surface area (Å²) in [6.07, 6.45) is 0. The van der Waals surface area contributed by atoms with Crippen molar-refractivity contribution < 1.29 is 24.2 Å². The molecular weight excluding hydrogens is 464 g/mol. The Bertz CT molecular complexity index is 1270. The summed E-state index contributed by atoms with van der Waals surface area (Å²) in [6.45, 7) is 3.51. The highest BCUT2D eigenvalue weighted by molar-refractivity contribution is 7.17. The molecule has 1 fully saturated rings. The van der Waals surface area contributed by atoms with Crippen molar-refractivity contribution in [3.63, 3.8) is 0 Å². The number of hydrogen-bond acceptors (Lipinski definition) is 7. The molecule has 1 N–H and O–H groups in total. The Morgan fingerprint density at radius 2 is 1.82 bits per heavy atom. The maximum Gasteiger partial charge on any atom is 0.350 e. The third-order valence-electron chi connectivity index (χ3n) is 5.13. The molecule has 1 aliphatic heterocycles. The van der Waals surface area contributed by atoms with Crippen LogP contribution in [0.25, 0.3) is 5.76 Å². The fraction of sp³-hybridized carbons (Fsp3) is 0.167. The van der Waals surface area contributed by atoms with E-state index in [-0.39, 0.29) is 27.9 Å². The number of halogens is 1. The molecule has 9 heteroatoms. The van der Waals surface area contributed by atoms with Gasteiger partial charge in [-0.2, -0.15) is 0 Å². The van der Waals surface area contributed by atoms with Crippen molar-refractivity contribution in [2.24, 2.45) is 0 Å². The van der Waals surface area contributed by atoms with Gasteiger partial charge in [0.25, 0.3) is 5.78 Å². The molecule has 4 rings (SSSR count). The molecule has 1 atom stereocenters. The predicted octanol–water partition coefficient (Wildman–Crippen LogP) is 4.91. The Balaban J connectivity index is 1.90. The molecule has 2 aromatic carbocycles. The minimum Gasteiger partial charge on any atom is -0.507 e. The number of Topliss-reactive ketones (excluding diaryl/α,β-unsaturated/α-hetero) is 1. The number of aromatic nitrogens is 1. The maximum atomic E-state index is 13.2. The number of amides is 1. The van der Waals surface area contributed by atoms with E-state index >= 15 is 0 Å². The minimum absolute atomic E-state index is 0.0703. The molecule has 0 radical (unpaired) electrons. The summed E-state index contributed by atoms with van der Waals surface area (Å²) in [4.78, 5) is 44.4. The summed E-state index contributed by atoms with van der Waals surface area (Å²) < 4.78 is 5.07. The third kappa shape index (κ3) is 4.15. The van der Waals surface area contributed by atoms with E-state index in [1.807, 2.05) is 0 Å². The average molecular weight is 483 g/mol. The first-order valence-electron chi connectivity index (χ1n) is 10.1. The highest BCUT2D eigenvalue weighted by Crippen LogP contribution is 2.44. The van der Waals surface area contributed by atoms with Crippen LogP contribution in [0.4, 0.5) is 5.13 Å². The number of ketones is 1. The van der Waals surface area contributed by atoms with Crippen molar-refractivity contribution in [1.82, 2.24) is 4.98 Å². The number of benzene rings is 2. The molecule has 168 valence electrons. The Labute approximate surface area is 198 Å². The summed E-state index contributed by atoms with van der Waals surface area (Å²) >= 11 is 7.00. The number of anilines is 1. The average Bonchev–Trinajstić information content (AvgIpc) is 3.32. The van der Waals surface area contributed by atoms with Crippen LogP contribution in [-0.2, 0) is 14.3 Å². The van der Waals surface area contributed by atoms with Crippen LogP contribution in [0.2, 0.25) is 5.02 Å². The summed E-state index contributed by atoms with van der Waals surface area (Å²) in [7, 11) is 0. The molecule has 1 saturated heterocycles. The number of thiazole rings is 1. The van der Waals surface area contributed by atoms with Gasteiger partial charge in [-0.25, -0.2) is 9.78 Å². The zero-order valence-electron chi connectivity index (χ0n) is 17.7. The molecule has 0 saturated carbocycles. The van der Waals surface area contributed by atoms with Gasteiger partial charge in [-0.05, 0) is 31.5 Å². The van der Waals surface area contributed by atoms with Gasteiger partial charge in [0.1, 0.15) is 10.6 Å². The molecule has 7 nitrogen and oxygen atoms in total. The van der Waals surface area contributed by atoms with Gasteiger partial charge in [0.2, 0.25) is 0 Å². The van der Waals surface area contributed by atoms with Crippen molar-refractivity contribution in [3.8, 4) is 0 Å². The molecule has 0 bridgehead atoms. The number of aliphatic hydroxyl groups excluding tert-OH is 1. The summed E-state index contributed by atoms with van der Waals surface area (Å²) in [5.41, 5.74) is 1.27. The molecular formula is C24H19ClN2O5S. The standard InChI is InChI=1S/C24H19ClN2O5S/c1-3-32-23(31)21-13(2)26-24(33-21)27-18(14-9-11-16(25)12-10-14)17(20(29)22(27)30)19(28)15-7-5-4-6-8-15/h4-12,18,28H,3H2,1-2H3/t18-/m0/s1. The van der Waals surface area contributed by atoms with E-state index in [0.29, 0.717) is 21.8 Å². The van der Waals surface area contributed by atoms with E-state index in [9.17, 15) is 19.5 Å². The monoisotopic (exact) mass is 482 g/mol. The SMILES string of the molecule is CCOC(=O)c1sc(N2C(=O)C(=O)C(=C(O)c3ccccc3)[C@@H]2c2ccc(Cl)cc2)nc1C. The van der Waals surface area contributed by atoms with Crippen LogP contribution >= 0.6 is 22.9 Å². The van der Waals surface area contributed by atoms with E-state index < -0.39 is 23.7 Å². The largest absolute Gasteiger partial charge is 0.507 e.